The number of hydrogen-bond donors (Lipinski definition) is 2. The van der Waals surface area contributed by atoms with Gasteiger partial charge in [0.15, 0.2) is 0 Å². The number of benzene rings is 1. The molecule has 21 heavy (non-hydrogen) atoms. The minimum absolute atomic E-state index is 0.304. The Hall–Kier alpha value is -2.90. The van der Waals surface area contributed by atoms with Crippen molar-refractivity contribution >= 4 is 29.3 Å². The molecule has 1 unspecified atom stereocenters. The highest BCUT2D eigenvalue weighted by Gasteiger charge is 2.44. The van der Waals surface area contributed by atoms with Gasteiger partial charge >= 0.3 is 12.0 Å². The van der Waals surface area contributed by atoms with Gasteiger partial charge in [-0.2, -0.15) is 0 Å². The van der Waals surface area contributed by atoms with Crippen LogP contribution in [0.4, 0.5) is 10.5 Å². The number of carbonyl (C=O) groups is 3. The molecule has 0 aromatic heterocycles. The molecule has 8 nitrogen and oxygen atoms in total. The first-order chi connectivity index (χ1) is 9.99. The summed E-state index contributed by atoms with van der Waals surface area (Å²) in [5.74, 6) is -1.53. The van der Waals surface area contributed by atoms with Crippen molar-refractivity contribution < 1.29 is 24.3 Å². The Balaban J connectivity index is 2.28. The number of nitrogens with one attached hydrogen (secondary N) is 1. The maximum absolute atomic E-state index is 12.1. The Bertz CT molecular complexity index is 623. The first-order valence-corrected chi connectivity index (χ1v) is 6.01. The van der Waals surface area contributed by atoms with E-state index in [1.165, 1.54) is 12.1 Å². The Morgan fingerprint density at radius 2 is 1.95 bits per heavy atom. The first-order valence-electron chi connectivity index (χ1n) is 6.01. The van der Waals surface area contributed by atoms with Crippen molar-refractivity contribution in [1.82, 2.24) is 5.32 Å². The summed E-state index contributed by atoms with van der Waals surface area (Å²) in [7, 11) is 1.14. The lowest BCUT2D eigenvalue weighted by Gasteiger charge is -2.13. The van der Waals surface area contributed by atoms with Gasteiger partial charge in [-0.1, -0.05) is 17.3 Å². The zero-order valence-electron chi connectivity index (χ0n) is 11.4. The van der Waals surface area contributed by atoms with Crippen molar-refractivity contribution in [1.29, 1.82) is 0 Å². The monoisotopic (exact) mass is 291 g/mol. The number of methoxy groups -OCH3 is 1. The van der Waals surface area contributed by atoms with Crippen molar-refractivity contribution in [2.24, 2.45) is 5.16 Å². The summed E-state index contributed by atoms with van der Waals surface area (Å²) in [4.78, 5) is 36.1. The Labute approximate surface area is 120 Å². The standard InChI is InChI=1S/C13H13N3O5/c1-7(15-20)8-3-5-9(6-4-8)16-11(17)10(12(18)21-2)14-13(16)19/h3-6,10,20H,1-2H3,(H,14,19)/b15-7+. The van der Waals surface area contributed by atoms with E-state index in [0.29, 0.717) is 17.0 Å². The van der Waals surface area contributed by atoms with Crippen LogP contribution in [0, 0.1) is 0 Å². The summed E-state index contributed by atoms with van der Waals surface area (Å²) in [5.41, 5.74) is 1.34. The quantitative estimate of drug-likeness (QED) is 0.210. The second kappa shape index (κ2) is 5.61. The molecule has 1 aliphatic rings. The molecule has 1 heterocycles. The van der Waals surface area contributed by atoms with Crippen molar-refractivity contribution in [2.45, 2.75) is 13.0 Å². The molecular weight excluding hydrogens is 278 g/mol. The predicted molar refractivity (Wildman–Crippen MR) is 72.3 cm³/mol. The van der Waals surface area contributed by atoms with Crippen LogP contribution in [-0.2, 0) is 14.3 Å². The van der Waals surface area contributed by atoms with E-state index in [-0.39, 0.29) is 0 Å². The third kappa shape index (κ3) is 2.55. The average molecular weight is 291 g/mol. The summed E-state index contributed by atoms with van der Waals surface area (Å²) in [5, 5.41) is 14.0. The van der Waals surface area contributed by atoms with Gasteiger partial charge in [0.2, 0.25) is 6.04 Å². The fourth-order valence-electron chi connectivity index (χ4n) is 1.91. The van der Waals surface area contributed by atoms with Gasteiger partial charge in [-0.3, -0.25) is 4.79 Å². The smallest absolute Gasteiger partial charge is 0.338 e. The number of urea groups is 1. The van der Waals surface area contributed by atoms with E-state index in [0.717, 1.165) is 12.0 Å². The molecule has 0 spiro atoms. The molecule has 0 aliphatic carbocycles. The van der Waals surface area contributed by atoms with E-state index >= 15 is 0 Å². The predicted octanol–water partition coefficient (Wildman–Crippen LogP) is 0.483. The van der Waals surface area contributed by atoms with Gasteiger partial charge in [-0.25, -0.2) is 14.5 Å². The number of carbonyl (C=O) groups excluding carboxylic acids is 3. The van der Waals surface area contributed by atoms with Crippen LogP contribution in [0.2, 0.25) is 0 Å². The number of nitrogens with zero attached hydrogens (tertiary/aromatic N) is 2. The van der Waals surface area contributed by atoms with Gasteiger partial charge in [0.1, 0.15) is 0 Å². The number of ether oxygens (including phenoxy) is 1. The van der Waals surface area contributed by atoms with Crippen LogP contribution >= 0.6 is 0 Å². The van der Waals surface area contributed by atoms with Gasteiger partial charge in [-0.15, -0.1) is 0 Å². The van der Waals surface area contributed by atoms with Gasteiger partial charge < -0.3 is 15.3 Å². The van der Waals surface area contributed by atoms with E-state index in [2.05, 4.69) is 15.2 Å². The summed E-state index contributed by atoms with van der Waals surface area (Å²) in [6.07, 6.45) is 0. The van der Waals surface area contributed by atoms with E-state index in [9.17, 15) is 14.4 Å². The van der Waals surface area contributed by atoms with E-state index in [1.54, 1.807) is 19.1 Å². The molecule has 1 atom stereocenters. The third-order valence-corrected chi connectivity index (χ3v) is 3.07. The minimum atomic E-state index is -1.33. The van der Waals surface area contributed by atoms with Crippen LogP contribution in [0.1, 0.15) is 12.5 Å². The highest BCUT2D eigenvalue weighted by atomic mass is 16.5. The molecule has 110 valence electrons. The van der Waals surface area contributed by atoms with Crippen molar-refractivity contribution in [3.05, 3.63) is 29.8 Å². The molecule has 1 aromatic carbocycles. The summed E-state index contributed by atoms with van der Waals surface area (Å²) < 4.78 is 4.46. The van der Waals surface area contributed by atoms with Crippen LogP contribution < -0.4 is 10.2 Å². The molecule has 1 aliphatic heterocycles. The number of oxime groups is 1. The first kappa shape index (κ1) is 14.5. The molecule has 8 heteroatoms. The third-order valence-electron chi connectivity index (χ3n) is 3.07. The number of imide groups is 1. The zero-order chi connectivity index (χ0) is 15.6. The molecule has 1 aromatic rings. The van der Waals surface area contributed by atoms with Gasteiger partial charge in [0, 0.05) is 0 Å². The normalized spacial score (nSPS) is 18.7. The van der Waals surface area contributed by atoms with Gasteiger partial charge in [0.05, 0.1) is 18.5 Å². The summed E-state index contributed by atoms with van der Waals surface area (Å²) in [6, 6.07) is 4.19. The largest absolute Gasteiger partial charge is 0.467 e. The summed E-state index contributed by atoms with van der Waals surface area (Å²) >= 11 is 0. The molecule has 0 radical (unpaired) electrons. The van der Waals surface area contributed by atoms with Gasteiger partial charge in [-0.05, 0) is 24.6 Å². The molecule has 0 bridgehead atoms. The maximum atomic E-state index is 12.1. The van der Waals surface area contributed by atoms with Crippen LogP contribution in [0.25, 0.3) is 0 Å². The zero-order valence-corrected chi connectivity index (χ0v) is 11.4. The lowest BCUT2D eigenvalue weighted by molar-refractivity contribution is -0.145. The average Bonchev–Trinajstić information content (AvgIpc) is 2.80. The summed E-state index contributed by atoms with van der Waals surface area (Å²) in [6.45, 7) is 1.61. The van der Waals surface area contributed by atoms with Crippen LogP contribution in [-0.4, -0.2) is 42.0 Å². The highest BCUT2D eigenvalue weighted by Crippen LogP contribution is 2.20. The lowest BCUT2D eigenvalue weighted by Crippen LogP contribution is -2.38. The molecule has 0 saturated carbocycles. The number of anilines is 1. The van der Waals surface area contributed by atoms with Crippen LogP contribution in [0.15, 0.2) is 29.4 Å². The molecule has 1 saturated heterocycles. The van der Waals surface area contributed by atoms with E-state index in [4.69, 9.17) is 5.21 Å². The van der Waals surface area contributed by atoms with Crippen LogP contribution in [0.5, 0.6) is 0 Å². The van der Waals surface area contributed by atoms with E-state index in [1.807, 2.05) is 0 Å². The molecule has 3 amide bonds. The SMILES string of the molecule is COC(=O)C1NC(=O)N(c2ccc(/C(C)=N/O)cc2)C1=O. The second-order valence-corrected chi connectivity index (χ2v) is 4.31. The molecule has 1 fully saturated rings. The minimum Gasteiger partial charge on any atom is -0.467 e. The van der Waals surface area contributed by atoms with Crippen molar-refractivity contribution in [3.63, 3.8) is 0 Å². The lowest BCUT2D eigenvalue weighted by atomic mass is 10.1. The number of hydrogen-bond acceptors (Lipinski definition) is 6. The number of rotatable bonds is 3. The molecular formula is C13H13N3O5. The maximum Gasteiger partial charge on any atom is 0.338 e. The molecule has 2 N–H and O–H groups in total. The fraction of sp³-hybridized carbons (Fsp3) is 0.231. The van der Waals surface area contributed by atoms with Gasteiger partial charge in [0.25, 0.3) is 5.91 Å². The highest BCUT2D eigenvalue weighted by molar-refractivity contribution is 6.27. The second-order valence-electron chi connectivity index (χ2n) is 4.31. The number of amides is 3. The number of esters is 1. The van der Waals surface area contributed by atoms with Crippen LogP contribution in [0.3, 0.4) is 0 Å². The van der Waals surface area contributed by atoms with E-state index < -0.39 is 23.9 Å². The Kier molecular flexibility index (Phi) is 3.88. The fourth-order valence-corrected chi connectivity index (χ4v) is 1.91. The topological polar surface area (TPSA) is 108 Å². The van der Waals surface area contributed by atoms with Crippen molar-refractivity contribution in [3.8, 4) is 0 Å². The Morgan fingerprint density at radius 1 is 1.33 bits per heavy atom. The van der Waals surface area contributed by atoms with Crippen molar-refractivity contribution in [2.75, 3.05) is 12.0 Å². The Morgan fingerprint density at radius 3 is 2.48 bits per heavy atom. The molecule has 2 rings (SSSR count).